The number of hydrogen-bond acceptors (Lipinski definition) is 4. The molecule has 2 unspecified atom stereocenters. The van der Waals surface area contributed by atoms with Gasteiger partial charge in [0.25, 0.3) is 0 Å². The predicted molar refractivity (Wildman–Crippen MR) is 77.9 cm³/mol. The standard InChI is InChI=1S/C14H22FNO2S/c1-11(19-2)7-16-8-13(17)10-18-9-12-5-3-4-6-14(12)15/h3-6,11,13,16-17H,7-10H2,1-2H3. The van der Waals surface area contributed by atoms with Gasteiger partial charge in [-0.25, -0.2) is 4.39 Å². The number of thioether (sulfide) groups is 1. The van der Waals surface area contributed by atoms with Gasteiger partial charge in [0.05, 0.1) is 19.3 Å². The average molecular weight is 287 g/mol. The molecule has 0 spiro atoms. The third-order valence-corrected chi connectivity index (χ3v) is 3.71. The van der Waals surface area contributed by atoms with Crippen LogP contribution in [0.2, 0.25) is 0 Å². The summed E-state index contributed by atoms with van der Waals surface area (Å²) >= 11 is 1.78. The highest BCUT2D eigenvalue weighted by molar-refractivity contribution is 7.99. The van der Waals surface area contributed by atoms with Crippen LogP contribution in [0.5, 0.6) is 0 Å². The number of rotatable bonds is 9. The van der Waals surface area contributed by atoms with Crippen LogP contribution in [0.4, 0.5) is 4.39 Å². The maximum Gasteiger partial charge on any atom is 0.128 e. The summed E-state index contributed by atoms with van der Waals surface area (Å²) in [6.07, 6.45) is 1.49. The third kappa shape index (κ3) is 6.92. The van der Waals surface area contributed by atoms with Crippen molar-refractivity contribution in [3.05, 3.63) is 35.6 Å². The summed E-state index contributed by atoms with van der Waals surface area (Å²) in [6, 6.07) is 6.49. The molecule has 2 atom stereocenters. The molecule has 3 nitrogen and oxygen atoms in total. The first-order chi connectivity index (χ1) is 9.13. The first-order valence-electron chi connectivity index (χ1n) is 6.36. The number of benzene rings is 1. The van der Waals surface area contributed by atoms with Crippen molar-refractivity contribution in [3.8, 4) is 0 Å². The van der Waals surface area contributed by atoms with E-state index in [0.717, 1.165) is 6.54 Å². The van der Waals surface area contributed by atoms with E-state index in [1.807, 2.05) is 0 Å². The van der Waals surface area contributed by atoms with Gasteiger partial charge < -0.3 is 15.2 Å². The fourth-order valence-electron chi connectivity index (χ4n) is 1.52. The van der Waals surface area contributed by atoms with Gasteiger partial charge in [-0.05, 0) is 12.3 Å². The Morgan fingerprint density at radius 1 is 1.37 bits per heavy atom. The van der Waals surface area contributed by atoms with Gasteiger partial charge in [-0.1, -0.05) is 25.1 Å². The van der Waals surface area contributed by atoms with Gasteiger partial charge in [0, 0.05) is 23.9 Å². The van der Waals surface area contributed by atoms with Gasteiger partial charge in [0.15, 0.2) is 0 Å². The van der Waals surface area contributed by atoms with Crippen LogP contribution in [0.25, 0.3) is 0 Å². The number of nitrogens with one attached hydrogen (secondary N) is 1. The summed E-state index contributed by atoms with van der Waals surface area (Å²) in [5, 5.41) is 13.4. The van der Waals surface area contributed by atoms with E-state index in [4.69, 9.17) is 4.74 Å². The van der Waals surface area contributed by atoms with Crippen LogP contribution in [0.1, 0.15) is 12.5 Å². The molecule has 0 radical (unpaired) electrons. The van der Waals surface area contributed by atoms with Crippen LogP contribution in [-0.2, 0) is 11.3 Å². The zero-order valence-electron chi connectivity index (χ0n) is 11.4. The van der Waals surface area contributed by atoms with E-state index in [1.165, 1.54) is 6.07 Å². The topological polar surface area (TPSA) is 41.5 Å². The Labute approximate surface area is 118 Å². The Kier molecular flexibility index (Phi) is 8.05. The molecule has 1 rings (SSSR count). The van der Waals surface area contributed by atoms with E-state index >= 15 is 0 Å². The first-order valence-corrected chi connectivity index (χ1v) is 7.65. The Morgan fingerprint density at radius 2 is 2.11 bits per heavy atom. The zero-order valence-corrected chi connectivity index (χ0v) is 12.3. The SMILES string of the molecule is CSC(C)CNCC(O)COCc1ccccc1F. The molecule has 1 aromatic rings. The van der Waals surface area contributed by atoms with Gasteiger partial charge in [0.2, 0.25) is 0 Å². The normalized spacial score (nSPS) is 14.3. The van der Waals surface area contributed by atoms with Gasteiger partial charge in [0.1, 0.15) is 5.82 Å². The molecule has 0 aliphatic carbocycles. The summed E-state index contributed by atoms with van der Waals surface area (Å²) < 4.78 is 18.6. The van der Waals surface area contributed by atoms with Crippen LogP contribution < -0.4 is 5.32 Å². The van der Waals surface area contributed by atoms with Crippen molar-refractivity contribution in [3.63, 3.8) is 0 Å². The maximum atomic E-state index is 13.3. The van der Waals surface area contributed by atoms with Crippen LogP contribution in [-0.4, -0.2) is 42.4 Å². The molecule has 0 aromatic heterocycles. The minimum absolute atomic E-state index is 0.185. The highest BCUT2D eigenvalue weighted by atomic mass is 32.2. The Bertz CT molecular complexity index is 365. The van der Waals surface area contributed by atoms with E-state index in [-0.39, 0.29) is 19.0 Å². The average Bonchev–Trinajstić information content (AvgIpc) is 2.40. The molecule has 0 saturated heterocycles. The number of halogens is 1. The fraction of sp³-hybridized carbons (Fsp3) is 0.571. The highest BCUT2D eigenvalue weighted by Crippen LogP contribution is 2.07. The monoisotopic (exact) mass is 287 g/mol. The van der Waals surface area contributed by atoms with Gasteiger partial charge >= 0.3 is 0 Å². The lowest BCUT2D eigenvalue weighted by Crippen LogP contribution is -2.33. The molecule has 0 bridgehead atoms. The van der Waals surface area contributed by atoms with Gasteiger partial charge in [-0.3, -0.25) is 0 Å². The molecule has 5 heteroatoms. The van der Waals surface area contributed by atoms with Crippen LogP contribution in [0, 0.1) is 5.82 Å². The smallest absolute Gasteiger partial charge is 0.128 e. The zero-order chi connectivity index (χ0) is 14.1. The summed E-state index contributed by atoms with van der Waals surface area (Å²) in [7, 11) is 0. The van der Waals surface area contributed by atoms with E-state index in [2.05, 4.69) is 18.5 Å². The second-order valence-corrected chi connectivity index (χ2v) is 5.74. The summed E-state index contributed by atoms with van der Waals surface area (Å²) in [5.41, 5.74) is 0.513. The van der Waals surface area contributed by atoms with E-state index in [9.17, 15) is 9.50 Å². The van der Waals surface area contributed by atoms with Crippen molar-refractivity contribution in [2.45, 2.75) is 24.9 Å². The highest BCUT2D eigenvalue weighted by Gasteiger charge is 2.06. The van der Waals surface area contributed by atoms with Crippen LogP contribution in [0.15, 0.2) is 24.3 Å². The van der Waals surface area contributed by atoms with Crippen molar-refractivity contribution in [1.82, 2.24) is 5.32 Å². The fourth-order valence-corrected chi connectivity index (χ4v) is 1.80. The molecule has 0 aliphatic rings. The van der Waals surface area contributed by atoms with Crippen molar-refractivity contribution in [1.29, 1.82) is 0 Å². The maximum absolute atomic E-state index is 13.3. The molecule has 0 aliphatic heterocycles. The molecule has 0 saturated carbocycles. The second kappa shape index (κ2) is 9.31. The van der Waals surface area contributed by atoms with Crippen molar-refractivity contribution in [2.24, 2.45) is 0 Å². The van der Waals surface area contributed by atoms with E-state index in [1.54, 1.807) is 30.0 Å². The van der Waals surface area contributed by atoms with Crippen molar-refractivity contribution in [2.75, 3.05) is 26.0 Å². The van der Waals surface area contributed by atoms with Crippen LogP contribution in [0.3, 0.4) is 0 Å². The molecule has 2 N–H and O–H groups in total. The summed E-state index contributed by atoms with van der Waals surface area (Å²) in [5.74, 6) is -0.274. The molecule has 19 heavy (non-hydrogen) atoms. The molecular weight excluding hydrogens is 265 g/mol. The molecule has 0 heterocycles. The molecule has 108 valence electrons. The third-order valence-electron chi connectivity index (χ3n) is 2.74. The van der Waals surface area contributed by atoms with Crippen LogP contribution >= 0.6 is 11.8 Å². The molecule has 1 aromatic carbocycles. The first kappa shape index (κ1) is 16.4. The number of ether oxygens (including phenoxy) is 1. The van der Waals surface area contributed by atoms with Crippen molar-refractivity contribution < 1.29 is 14.2 Å². The Balaban J connectivity index is 2.13. The lowest BCUT2D eigenvalue weighted by Gasteiger charge is -2.14. The lowest BCUT2D eigenvalue weighted by molar-refractivity contribution is 0.0280. The molecule has 0 fully saturated rings. The minimum atomic E-state index is -0.569. The second-order valence-electron chi connectivity index (χ2n) is 4.46. The van der Waals surface area contributed by atoms with Crippen molar-refractivity contribution >= 4 is 11.8 Å². The minimum Gasteiger partial charge on any atom is -0.389 e. The Hall–Kier alpha value is -0.620. The largest absolute Gasteiger partial charge is 0.389 e. The molecule has 0 amide bonds. The van der Waals surface area contributed by atoms with Gasteiger partial charge in [-0.2, -0.15) is 11.8 Å². The van der Waals surface area contributed by atoms with E-state index in [0.29, 0.717) is 17.4 Å². The summed E-state index contributed by atoms with van der Waals surface area (Å²) in [4.78, 5) is 0. The lowest BCUT2D eigenvalue weighted by atomic mass is 10.2. The quantitative estimate of drug-likeness (QED) is 0.729. The summed E-state index contributed by atoms with van der Waals surface area (Å²) in [6.45, 7) is 3.85. The predicted octanol–water partition coefficient (Wildman–Crippen LogP) is 2.04. The number of aliphatic hydroxyl groups is 1. The number of aliphatic hydroxyl groups excluding tert-OH is 1. The van der Waals surface area contributed by atoms with Gasteiger partial charge in [-0.15, -0.1) is 0 Å². The Morgan fingerprint density at radius 3 is 2.79 bits per heavy atom. The number of hydrogen-bond donors (Lipinski definition) is 2. The van der Waals surface area contributed by atoms with E-state index < -0.39 is 6.10 Å². The molecular formula is C14H22FNO2S.